The monoisotopic (exact) mass is 240 g/mol. The molecule has 0 saturated heterocycles. The van der Waals surface area contributed by atoms with Crippen molar-refractivity contribution >= 4 is 5.91 Å². The molecule has 0 aliphatic heterocycles. The standard InChI is InChI=1S/C13H24N2O2/c1-13(2)10(8-11(13)17-3)14-7-6-12(16)15-9-4-5-9/h9-11,14H,4-8H2,1-3H3,(H,15,16). The Labute approximate surface area is 103 Å². The number of hydrogen-bond donors (Lipinski definition) is 2. The molecule has 4 heteroatoms. The van der Waals surface area contributed by atoms with Gasteiger partial charge in [-0.3, -0.25) is 4.79 Å². The average molecular weight is 240 g/mol. The van der Waals surface area contributed by atoms with Gasteiger partial charge < -0.3 is 15.4 Å². The van der Waals surface area contributed by atoms with Crippen molar-refractivity contribution in [3.63, 3.8) is 0 Å². The van der Waals surface area contributed by atoms with Crippen LogP contribution >= 0.6 is 0 Å². The fourth-order valence-electron chi connectivity index (χ4n) is 2.52. The summed E-state index contributed by atoms with van der Waals surface area (Å²) in [4.78, 5) is 11.5. The molecule has 0 aromatic heterocycles. The van der Waals surface area contributed by atoms with E-state index in [9.17, 15) is 4.79 Å². The largest absolute Gasteiger partial charge is 0.381 e. The molecule has 0 heterocycles. The Balaban J connectivity index is 1.61. The van der Waals surface area contributed by atoms with Crippen molar-refractivity contribution in [3.8, 4) is 0 Å². The molecule has 17 heavy (non-hydrogen) atoms. The Hall–Kier alpha value is -0.610. The summed E-state index contributed by atoms with van der Waals surface area (Å²) < 4.78 is 5.40. The van der Waals surface area contributed by atoms with E-state index in [0.717, 1.165) is 25.8 Å². The molecular formula is C13H24N2O2. The van der Waals surface area contributed by atoms with Crippen LogP contribution < -0.4 is 10.6 Å². The van der Waals surface area contributed by atoms with Gasteiger partial charge in [0, 0.05) is 37.6 Å². The minimum atomic E-state index is 0.181. The van der Waals surface area contributed by atoms with Gasteiger partial charge in [-0.2, -0.15) is 0 Å². The number of carbonyl (C=O) groups is 1. The van der Waals surface area contributed by atoms with Crippen molar-refractivity contribution in [2.75, 3.05) is 13.7 Å². The van der Waals surface area contributed by atoms with Gasteiger partial charge in [0.25, 0.3) is 0 Å². The highest BCUT2D eigenvalue weighted by atomic mass is 16.5. The van der Waals surface area contributed by atoms with Crippen LogP contribution in [-0.4, -0.2) is 37.7 Å². The molecule has 2 atom stereocenters. The van der Waals surface area contributed by atoms with E-state index in [2.05, 4.69) is 24.5 Å². The fraction of sp³-hybridized carbons (Fsp3) is 0.923. The lowest BCUT2D eigenvalue weighted by atomic mass is 9.64. The molecular weight excluding hydrogens is 216 g/mol. The van der Waals surface area contributed by atoms with Crippen LogP contribution in [-0.2, 0) is 9.53 Å². The number of hydrogen-bond acceptors (Lipinski definition) is 3. The van der Waals surface area contributed by atoms with E-state index in [1.807, 2.05) is 0 Å². The Morgan fingerprint density at radius 1 is 1.41 bits per heavy atom. The Morgan fingerprint density at radius 2 is 2.12 bits per heavy atom. The second kappa shape index (κ2) is 4.94. The lowest BCUT2D eigenvalue weighted by Gasteiger charge is -2.51. The zero-order valence-corrected chi connectivity index (χ0v) is 11.1. The SMILES string of the molecule is COC1CC(NCCC(=O)NC2CC2)C1(C)C. The van der Waals surface area contributed by atoms with Crippen LogP contribution in [0.5, 0.6) is 0 Å². The smallest absolute Gasteiger partial charge is 0.221 e. The molecule has 1 amide bonds. The van der Waals surface area contributed by atoms with E-state index in [0.29, 0.717) is 24.6 Å². The topological polar surface area (TPSA) is 50.4 Å². The molecule has 2 aliphatic rings. The van der Waals surface area contributed by atoms with Crippen molar-refractivity contribution in [1.29, 1.82) is 0 Å². The Bertz CT molecular complexity index is 287. The summed E-state index contributed by atoms with van der Waals surface area (Å²) in [5.74, 6) is 0.181. The molecule has 0 spiro atoms. The summed E-state index contributed by atoms with van der Waals surface area (Å²) in [7, 11) is 1.77. The highest BCUT2D eigenvalue weighted by Crippen LogP contribution is 2.42. The van der Waals surface area contributed by atoms with Gasteiger partial charge >= 0.3 is 0 Å². The summed E-state index contributed by atoms with van der Waals surface area (Å²) in [6.45, 7) is 5.20. The molecule has 0 aromatic rings. The summed E-state index contributed by atoms with van der Waals surface area (Å²) in [5, 5.41) is 6.46. The predicted molar refractivity (Wildman–Crippen MR) is 66.8 cm³/mol. The number of amides is 1. The van der Waals surface area contributed by atoms with Crippen molar-refractivity contribution in [3.05, 3.63) is 0 Å². The number of methoxy groups -OCH3 is 1. The molecule has 2 saturated carbocycles. The normalized spacial score (nSPS) is 30.8. The molecule has 2 rings (SSSR count). The number of carbonyl (C=O) groups excluding carboxylic acids is 1. The summed E-state index contributed by atoms with van der Waals surface area (Å²) >= 11 is 0. The quantitative estimate of drug-likeness (QED) is 0.730. The fourth-order valence-corrected chi connectivity index (χ4v) is 2.52. The van der Waals surface area contributed by atoms with Gasteiger partial charge in [-0.05, 0) is 19.3 Å². The maximum absolute atomic E-state index is 11.5. The van der Waals surface area contributed by atoms with Gasteiger partial charge in [0.2, 0.25) is 5.91 Å². The molecule has 2 N–H and O–H groups in total. The number of nitrogens with one attached hydrogen (secondary N) is 2. The lowest BCUT2D eigenvalue weighted by Crippen LogP contribution is -2.60. The third kappa shape index (κ3) is 2.99. The molecule has 0 aromatic carbocycles. The van der Waals surface area contributed by atoms with E-state index in [1.54, 1.807) is 7.11 Å². The van der Waals surface area contributed by atoms with Crippen LogP contribution in [0.3, 0.4) is 0 Å². The molecule has 0 bridgehead atoms. The van der Waals surface area contributed by atoms with Crippen LogP contribution in [0.1, 0.15) is 39.5 Å². The third-order valence-electron chi connectivity index (χ3n) is 4.15. The Morgan fingerprint density at radius 3 is 2.65 bits per heavy atom. The van der Waals surface area contributed by atoms with Crippen LogP contribution in [0.25, 0.3) is 0 Å². The zero-order chi connectivity index (χ0) is 12.5. The first kappa shape index (κ1) is 12.8. The van der Waals surface area contributed by atoms with Crippen LogP contribution in [0, 0.1) is 5.41 Å². The minimum absolute atomic E-state index is 0.181. The highest BCUT2D eigenvalue weighted by Gasteiger charge is 2.48. The summed E-state index contributed by atoms with van der Waals surface area (Å²) in [6.07, 6.45) is 4.30. The first-order valence-corrected chi connectivity index (χ1v) is 6.59. The van der Waals surface area contributed by atoms with Crippen molar-refractivity contribution < 1.29 is 9.53 Å². The number of rotatable bonds is 6. The van der Waals surface area contributed by atoms with E-state index in [1.165, 1.54) is 0 Å². The van der Waals surface area contributed by atoms with Gasteiger partial charge in [-0.1, -0.05) is 13.8 Å². The van der Waals surface area contributed by atoms with Gasteiger partial charge in [-0.15, -0.1) is 0 Å². The van der Waals surface area contributed by atoms with Gasteiger partial charge in [0.15, 0.2) is 0 Å². The van der Waals surface area contributed by atoms with E-state index in [-0.39, 0.29) is 11.3 Å². The van der Waals surface area contributed by atoms with Gasteiger partial charge in [-0.25, -0.2) is 0 Å². The van der Waals surface area contributed by atoms with Crippen LogP contribution in [0.15, 0.2) is 0 Å². The molecule has 2 fully saturated rings. The number of ether oxygens (including phenoxy) is 1. The molecule has 4 nitrogen and oxygen atoms in total. The van der Waals surface area contributed by atoms with E-state index < -0.39 is 0 Å². The van der Waals surface area contributed by atoms with Crippen molar-refractivity contribution in [2.24, 2.45) is 5.41 Å². The first-order valence-electron chi connectivity index (χ1n) is 6.59. The highest BCUT2D eigenvalue weighted by molar-refractivity contribution is 5.76. The average Bonchev–Trinajstić information content (AvgIpc) is 3.06. The Kier molecular flexibility index (Phi) is 3.73. The van der Waals surface area contributed by atoms with Gasteiger partial charge in [0.05, 0.1) is 6.10 Å². The lowest BCUT2D eigenvalue weighted by molar-refractivity contribution is -0.121. The molecule has 2 aliphatic carbocycles. The third-order valence-corrected chi connectivity index (χ3v) is 4.15. The summed E-state index contributed by atoms with van der Waals surface area (Å²) in [6, 6.07) is 0.946. The molecule has 98 valence electrons. The second-order valence-corrected chi connectivity index (χ2v) is 5.88. The molecule has 0 radical (unpaired) electrons. The van der Waals surface area contributed by atoms with Crippen molar-refractivity contribution in [1.82, 2.24) is 10.6 Å². The predicted octanol–water partition coefficient (Wildman–Crippen LogP) is 1.06. The molecule has 2 unspecified atom stereocenters. The van der Waals surface area contributed by atoms with E-state index >= 15 is 0 Å². The van der Waals surface area contributed by atoms with Crippen molar-refractivity contribution in [2.45, 2.75) is 57.7 Å². The van der Waals surface area contributed by atoms with E-state index in [4.69, 9.17) is 4.74 Å². The minimum Gasteiger partial charge on any atom is -0.381 e. The maximum Gasteiger partial charge on any atom is 0.221 e. The maximum atomic E-state index is 11.5. The summed E-state index contributed by atoms with van der Waals surface area (Å²) in [5.41, 5.74) is 0.182. The first-order chi connectivity index (χ1) is 8.04. The van der Waals surface area contributed by atoms with Gasteiger partial charge in [0.1, 0.15) is 0 Å². The zero-order valence-electron chi connectivity index (χ0n) is 11.1. The van der Waals surface area contributed by atoms with Crippen LogP contribution in [0.2, 0.25) is 0 Å². The van der Waals surface area contributed by atoms with Crippen LogP contribution in [0.4, 0.5) is 0 Å². The second-order valence-electron chi connectivity index (χ2n) is 5.88.